The summed E-state index contributed by atoms with van der Waals surface area (Å²) in [6.07, 6.45) is 0.00834. The summed E-state index contributed by atoms with van der Waals surface area (Å²) in [6.45, 7) is 9.91. The van der Waals surface area contributed by atoms with Gasteiger partial charge in [-0.25, -0.2) is 0 Å². The van der Waals surface area contributed by atoms with E-state index in [-0.39, 0.29) is 17.4 Å². The van der Waals surface area contributed by atoms with Crippen LogP contribution in [0.4, 0.5) is 5.69 Å². The average molecular weight is 500 g/mol. The number of methoxy groups -OCH3 is 1. The second-order valence-corrected chi connectivity index (χ2v) is 9.83. The lowest BCUT2D eigenvalue weighted by Gasteiger charge is -2.26. The molecular formula is C31H33NO5. The zero-order valence-corrected chi connectivity index (χ0v) is 22.1. The molecule has 1 atom stereocenters. The average Bonchev–Trinajstić information content (AvgIpc) is 3.14. The fourth-order valence-corrected chi connectivity index (χ4v) is 4.61. The third-order valence-electron chi connectivity index (χ3n) is 6.54. The highest BCUT2D eigenvalue weighted by molar-refractivity contribution is 6.51. The molecule has 0 spiro atoms. The van der Waals surface area contributed by atoms with Crippen LogP contribution >= 0.6 is 0 Å². The van der Waals surface area contributed by atoms with E-state index in [0.29, 0.717) is 34.2 Å². The lowest BCUT2D eigenvalue weighted by Crippen LogP contribution is -2.29. The minimum atomic E-state index is -0.806. The minimum Gasteiger partial charge on any atom is -0.507 e. The molecule has 1 aliphatic heterocycles. The van der Waals surface area contributed by atoms with E-state index in [9.17, 15) is 14.7 Å². The number of rotatable bonds is 7. The summed E-state index contributed by atoms with van der Waals surface area (Å²) in [6, 6.07) is 19.3. The highest BCUT2D eigenvalue weighted by Gasteiger charge is 2.47. The molecule has 1 saturated heterocycles. The van der Waals surface area contributed by atoms with Crippen molar-refractivity contribution >= 4 is 23.1 Å². The van der Waals surface area contributed by atoms with E-state index in [1.54, 1.807) is 25.3 Å². The first-order chi connectivity index (χ1) is 17.6. The zero-order chi connectivity index (χ0) is 26.9. The molecule has 0 aromatic heterocycles. The number of hydrogen-bond acceptors (Lipinski definition) is 5. The normalized spacial score (nSPS) is 17.1. The van der Waals surface area contributed by atoms with E-state index in [0.717, 1.165) is 11.1 Å². The molecule has 6 heteroatoms. The topological polar surface area (TPSA) is 76.1 Å². The van der Waals surface area contributed by atoms with Gasteiger partial charge in [0.15, 0.2) is 0 Å². The predicted molar refractivity (Wildman–Crippen MR) is 145 cm³/mol. The van der Waals surface area contributed by atoms with Gasteiger partial charge in [-0.1, -0.05) is 38.1 Å². The van der Waals surface area contributed by atoms with Gasteiger partial charge in [-0.2, -0.15) is 0 Å². The van der Waals surface area contributed by atoms with Gasteiger partial charge in [0.1, 0.15) is 17.3 Å². The molecule has 1 unspecified atom stereocenters. The van der Waals surface area contributed by atoms with Crippen molar-refractivity contribution in [1.29, 1.82) is 0 Å². The van der Waals surface area contributed by atoms with Crippen LogP contribution in [0.15, 0.2) is 72.3 Å². The van der Waals surface area contributed by atoms with Crippen LogP contribution in [0.3, 0.4) is 0 Å². The Morgan fingerprint density at radius 1 is 0.892 bits per heavy atom. The summed E-state index contributed by atoms with van der Waals surface area (Å²) in [4.78, 5) is 28.4. The number of ketones is 1. The van der Waals surface area contributed by atoms with E-state index in [2.05, 4.69) is 13.8 Å². The van der Waals surface area contributed by atoms with Gasteiger partial charge in [0.25, 0.3) is 11.7 Å². The van der Waals surface area contributed by atoms with Crippen molar-refractivity contribution in [3.8, 4) is 11.5 Å². The SMILES string of the molecule is COc1ccc(/C(O)=C2/C(=O)C(=O)N(c3ccc(C(C)C)cc3)C2c2ccc(OC(C)C)cc2)c(C)c1. The largest absolute Gasteiger partial charge is 0.507 e. The maximum Gasteiger partial charge on any atom is 0.300 e. The van der Waals surface area contributed by atoms with Gasteiger partial charge in [-0.05, 0) is 85.8 Å². The quantitative estimate of drug-likeness (QED) is 0.227. The van der Waals surface area contributed by atoms with Crippen molar-refractivity contribution in [1.82, 2.24) is 0 Å². The Bertz CT molecular complexity index is 1340. The van der Waals surface area contributed by atoms with Gasteiger partial charge in [0.05, 0.1) is 24.8 Å². The van der Waals surface area contributed by atoms with E-state index in [4.69, 9.17) is 9.47 Å². The number of benzene rings is 3. The fraction of sp³-hybridized carbons (Fsp3) is 0.290. The Labute approximate surface area is 218 Å². The smallest absolute Gasteiger partial charge is 0.300 e. The molecule has 6 nitrogen and oxygen atoms in total. The summed E-state index contributed by atoms with van der Waals surface area (Å²) >= 11 is 0. The lowest BCUT2D eigenvalue weighted by atomic mass is 9.93. The molecule has 0 aliphatic carbocycles. The Balaban J connectivity index is 1.89. The third-order valence-corrected chi connectivity index (χ3v) is 6.54. The molecule has 1 aliphatic rings. The number of Topliss-reactive ketones (excluding diaryl/α,β-unsaturated/α-hetero) is 1. The van der Waals surface area contributed by atoms with E-state index in [1.807, 2.05) is 69.3 Å². The molecule has 4 rings (SSSR count). The number of aliphatic hydroxyl groups excluding tert-OH is 1. The molecule has 1 fully saturated rings. The summed E-state index contributed by atoms with van der Waals surface area (Å²) in [5, 5.41) is 11.5. The molecule has 3 aromatic rings. The lowest BCUT2D eigenvalue weighted by molar-refractivity contribution is -0.132. The molecule has 0 saturated carbocycles. The van der Waals surface area contributed by atoms with Gasteiger partial charge >= 0.3 is 0 Å². The second-order valence-electron chi connectivity index (χ2n) is 9.83. The molecule has 0 radical (unpaired) electrons. The van der Waals surface area contributed by atoms with Crippen LogP contribution in [0, 0.1) is 6.92 Å². The maximum absolute atomic E-state index is 13.5. The van der Waals surface area contributed by atoms with E-state index in [1.165, 1.54) is 4.90 Å². The van der Waals surface area contributed by atoms with Crippen LogP contribution in [0.1, 0.15) is 61.9 Å². The number of carbonyl (C=O) groups is 2. The summed E-state index contributed by atoms with van der Waals surface area (Å²) < 4.78 is 11.1. The zero-order valence-electron chi connectivity index (χ0n) is 22.1. The molecule has 37 heavy (non-hydrogen) atoms. The van der Waals surface area contributed by atoms with Crippen molar-refractivity contribution in [3.63, 3.8) is 0 Å². The van der Waals surface area contributed by atoms with Crippen LogP contribution in [0.2, 0.25) is 0 Å². The van der Waals surface area contributed by atoms with Crippen LogP contribution in [-0.4, -0.2) is 30.0 Å². The van der Waals surface area contributed by atoms with Crippen molar-refractivity contribution in [2.24, 2.45) is 0 Å². The van der Waals surface area contributed by atoms with Crippen molar-refractivity contribution in [2.45, 2.75) is 52.7 Å². The molecule has 3 aromatic carbocycles. The first-order valence-electron chi connectivity index (χ1n) is 12.4. The van der Waals surface area contributed by atoms with Gasteiger partial charge in [-0.15, -0.1) is 0 Å². The van der Waals surface area contributed by atoms with Crippen molar-refractivity contribution in [3.05, 3.63) is 94.6 Å². The van der Waals surface area contributed by atoms with E-state index >= 15 is 0 Å². The first kappa shape index (κ1) is 26.0. The van der Waals surface area contributed by atoms with Crippen LogP contribution in [-0.2, 0) is 9.59 Å². The Hall–Kier alpha value is -4.06. The number of aryl methyl sites for hydroxylation is 1. The van der Waals surface area contributed by atoms with Crippen LogP contribution in [0.5, 0.6) is 11.5 Å². The number of amides is 1. The standard InChI is InChI=1S/C31H33NO5/c1-18(2)21-7-11-23(12-8-21)32-28(22-9-13-24(14-10-22)37-19(3)4)27(30(34)31(32)35)29(33)26-16-15-25(36-6)17-20(26)5/h7-19,28,33H,1-6H3/b29-27-. The Morgan fingerprint density at radius 3 is 2.05 bits per heavy atom. The molecular weight excluding hydrogens is 466 g/mol. The number of aliphatic hydroxyl groups is 1. The Kier molecular flexibility index (Phi) is 7.39. The third kappa shape index (κ3) is 5.10. The molecule has 1 amide bonds. The number of ether oxygens (including phenoxy) is 2. The van der Waals surface area contributed by atoms with Gasteiger partial charge in [0, 0.05) is 11.3 Å². The molecule has 1 heterocycles. The number of hydrogen-bond donors (Lipinski definition) is 1. The van der Waals surface area contributed by atoms with Gasteiger partial charge in [-0.3, -0.25) is 14.5 Å². The highest BCUT2D eigenvalue weighted by atomic mass is 16.5. The highest BCUT2D eigenvalue weighted by Crippen LogP contribution is 2.43. The first-order valence-corrected chi connectivity index (χ1v) is 12.4. The van der Waals surface area contributed by atoms with Crippen LogP contribution in [0.25, 0.3) is 5.76 Å². The fourth-order valence-electron chi connectivity index (χ4n) is 4.61. The minimum absolute atomic E-state index is 0.00834. The predicted octanol–water partition coefficient (Wildman–Crippen LogP) is 6.54. The monoisotopic (exact) mass is 499 g/mol. The number of anilines is 1. The number of carbonyl (C=O) groups excluding carboxylic acids is 2. The molecule has 0 bridgehead atoms. The van der Waals surface area contributed by atoms with Crippen molar-refractivity contribution < 1.29 is 24.2 Å². The molecule has 192 valence electrons. The van der Waals surface area contributed by atoms with E-state index < -0.39 is 17.7 Å². The van der Waals surface area contributed by atoms with Gasteiger partial charge in [0.2, 0.25) is 0 Å². The van der Waals surface area contributed by atoms with Gasteiger partial charge < -0.3 is 14.6 Å². The Morgan fingerprint density at radius 2 is 1.51 bits per heavy atom. The van der Waals surface area contributed by atoms with Crippen LogP contribution < -0.4 is 14.4 Å². The number of nitrogens with zero attached hydrogens (tertiary/aromatic N) is 1. The summed E-state index contributed by atoms with van der Waals surface area (Å²) in [5.41, 5.74) is 3.65. The second kappa shape index (κ2) is 10.5. The summed E-state index contributed by atoms with van der Waals surface area (Å²) in [7, 11) is 1.57. The van der Waals surface area contributed by atoms with Crippen molar-refractivity contribution in [2.75, 3.05) is 12.0 Å². The summed E-state index contributed by atoms with van der Waals surface area (Å²) in [5.74, 6) is 0.0184. The molecule has 1 N–H and O–H groups in total. The maximum atomic E-state index is 13.5.